The van der Waals surface area contributed by atoms with Crippen LogP contribution in [0.2, 0.25) is 0 Å². The van der Waals surface area contributed by atoms with Crippen LogP contribution in [-0.4, -0.2) is 33.4 Å². The van der Waals surface area contributed by atoms with Gasteiger partial charge >= 0.3 is 0 Å². The first-order chi connectivity index (χ1) is 22.1. The van der Waals surface area contributed by atoms with Crippen LogP contribution in [0.5, 0.6) is 11.5 Å². The van der Waals surface area contributed by atoms with Crippen molar-refractivity contribution in [2.24, 2.45) is 17.8 Å². The lowest BCUT2D eigenvalue weighted by Crippen LogP contribution is -2.39. The van der Waals surface area contributed by atoms with Gasteiger partial charge in [-0.05, 0) is 55.5 Å². The van der Waals surface area contributed by atoms with E-state index in [-0.39, 0.29) is 59.3 Å². The van der Waals surface area contributed by atoms with Gasteiger partial charge in [0.05, 0.1) is 22.4 Å². The molecule has 0 saturated carbocycles. The number of phenolic OH excluding ortho intramolecular Hbond substituents is 1. The molecule has 1 aliphatic heterocycles. The predicted octanol–water partition coefficient (Wildman–Crippen LogP) is 5.51. The number of aromatic hydroxyl groups is 1. The normalized spacial score (nSPS) is 23.8. The molecule has 2 amide bonds. The Morgan fingerprint density at radius 1 is 0.957 bits per heavy atom. The van der Waals surface area contributed by atoms with Crippen LogP contribution in [0, 0.1) is 27.9 Å². The average Bonchev–Trinajstić information content (AvgIpc) is 3.31. The van der Waals surface area contributed by atoms with Crippen LogP contribution in [0.1, 0.15) is 36.8 Å². The maximum Gasteiger partial charge on any atom is 0.269 e. The Labute approximate surface area is 263 Å². The maximum absolute atomic E-state index is 14.0. The smallest absolute Gasteiger partial charge is 0.269 e. The van der Waals surface area contributed by atoms with Gasteiger partial charge in [-0.3, -0.25) is 34.2 Å². The summed E-state index contributed by atoms with van der Waals surface area (Å²) in [4.78, 5) is 66.4. The van der Waals surface area contributed by atoms with E-state index in [0.29, 0.717) is 22.5 Å². The number of carbonyl (C=O) groups excluding carboxylic acids is 4. The van der Waals surface area contributed by atoms with Crippen LogP contribution in [0.15, 0.2) is 107 Å². The van der Waals surface area contributed by atoms with E-state index < -0.39 is 40.4 Å². The second kappa shape index (κ2) is 11.1. The maximum atomic E-state index is 14.0. The molecule has 46 heavy (non-hydrogen) atoms. The Kier molecular flexibility index (Phi) is 7.00. The molecule has 3 aromatic rings. The van der Waals surface area contributed by atoms with Crippen molar-refractivity contribution in [3.8, 4) is 11.5 Å². The van der Waals surface area contributed by atoms with Crippen molar-refractivity contribution in [1.29, 1.82) is 0 Å². The Bertz CT molecular complexity index is 1940. The number of nitro groups is 1. The largest absolute Gasteiger partial charge is 0.507 e. The summed E-state index contributed by atoms with van der Waals surface area (Å²) in [7, 11) is 0. The number of allylic oxidation sites excluding steroid dienone is 6. The molecule has 1 heterocycles. The number of phenols is 1. The molecule has 0 radical (unpaired) electrons. The SMILES string of the molecule is CC1=CC(=O)C2=C(C1=O)[C@@H](c1ccc(OCc3ccccc3)cc1O)C1=CC[C@@H]3C(=O)N(c4ccc([N+](=O)[O-])cc4)C(=O)[C@@H]3[C@@H]1C2. The van der Waals surface area contributed by atoms with Crippen LogP contribution >= 0.6 is 0 Å². The molecule has 0 aromatic heterocycles. The quantitative estimate of drug-likeness (QED) is 0.125. The van der Waals surface area contributed by atoms with Crippen LogP contribution in [0.3, 0.4) is 0 Å². The molecule has 0 spiro atoms. The van der Waals surface area contributed by atoms with Crippen molar-refractivity contribution in [3.63, 3.8) is 0 Å². The number of rotatable bonds is 6. The lowest BCUT2D eigenvalue weighted by atomic mass is 9.59. The van der Waals surface area contributed by atoms with Gasteiger partial charge in [-0.15, -0.1) is 0 Å². The molecule has 3 aromatic carbocycles. The van der Waals surface area contributed by atoms with Gasteiger partial charge in [-0.2, -0.15) is 0 Å². The van der Waals surface area contributed by atoms with Crippen LogP contribution < -0.4 is 9.64 Å². The second-order valence-corrected chi connectivity index (χ2v) is 12.0. The summed E-state index contributed by atoms with van der Waals surface area (Å²) in [6.07, 6.45) is 3.49. The number of benzene rings is 3. The van der Waals surface area contributed by atoms with Gasteiger partial charge < -0.3 is 9.84 Å². The summed E-state index contributed by atoms with van der Waals surface area (Å²) < 4.78 is 5.90. The van der Waals surface area contributed by atoms with Crippen LogP contribution in [-0.2, 0) is 25.8 Å². The van der Waals surface area contributed by atoms with Crippen molar-refractivity contribution in [2.45, 2.75) is 32.3 Å². The molecule has 230 valence electrons. The number of ether oxygens (including phenoxy) is 1. The van der Waals surface area contributed by atoms with E-state index in [9.17, 15) is 34.4 Å². The number of nitrogens with zero attached hydrogens (tertiary/aromatic N) is 2. The number of non-ortho nitro benzene ring substituents is 1. The zero-order valence-corrected chi connectivity index (χ0v) is 24.7. The minimum Gasteiger partial charge on any atom is -0.507 e. The highest BCUT2D eigenvalue weighted by Crippen LogP contribution is 2.56. The number of hydrogen-bond acceptors (Lipinski definition) is 8. The van der Waals surface area contributed by atoms with E-state index in [1.54, 1.807) is 19.1 Å². The lowest BCUT2D eigenvalue weighted by molar-refractivity contribution is -0.384. The minimum atomic E-state index is -0.815. The highest BCUT2D eigenvalue weighted by Gasteiger charge is 2.56. The van der Waals surface area contributed by atoms with E-state index in [0.717, 1.165) is 10.5 Å². The van der Waals surface area contributed by atoms with Gasteiger partial charge in [0, 0.05) is 46.4 Å². The predicted molar refractivity (Wildman–Crippen MR) is 166 cm³/mol. The Morgan fingerprint density at radius 2 is 1.70 bits per heavy atom. The summed E-state index contributed by atoms with van der Waals surface area (Å²) >= 11 is 0. The van der Waals surface area contributed by atoms with Crippen LogP contribution in [0.4, 0.5) is 11.4 Å². The minimum absolute atomic E-state index is 0.0966. The molecule has 4 aliphatic rings. The average molecular weight is 617 g/mol. The van der Waals surface area contributed by atoms with Gasteiger partial charge in [0.1, 0.15) is 18.1 Å². The van der Waals surface area contributed by atoms with Gasteiger partial charge in [-0.25, -0.2) is 0 Å². The fourth-order valence-corrected chi connectivity index (χ4v) is 7.29. The van der Waals surface area contributed by atoms with Crippen molar-refractivity contribution >= 4 is 34.8 Å². The molecule has 0 bridgehead atoms. The zero-order chi connectivity index (χ0) is 32.3. The Hall–Kier alpha value is -5.64. The van der Waals surface area contributed by atoms with Gasteiger partial charge in [0.25, 0.3) is 5.69 Å². The monoisotopic (exact) mass is 616 g/mol. The summed E-state index contributed by atoms with van der Waals surface area (Å²) in [5, 5.41) is 22.5. The van der Waals surface area contributed by atoms with E-state index >= 15 is 0 Å². The summed E-state index contributed by atoms with van der Waals surface area (Å²) in [6.45, 7) is 1.87. The molecule has 3 aliphatic carbocycles. The summed E-state index contributed by atoms with van der Waals surface area (Å²) in [5.41, 5.74) is 2.97. The fourth-order valence-electron chi connectivity index (χ4n) is 7.29. The van der Waals surface area contributed by atoms with Crippen molar-refractivity contribution in [3.05, 3.63) is 128 Å². The van der Waals surface area contributed by atoms with Crippen molar-refractivity contribution in [2.75, 3.05) is 4.90 Å². The summed E-state index contributed by atoms with van der Waals surface area (Å²) in [5.74, 6) is -4.12. The number of Topliss-reactive ketones (excluding diaryl/α,β-unsaturated/α-hetero) is 1. The molecule has 4 atom stereocenters. The highest BCUT2D eigenvalue weighted by molar-refractivity contribution is 6.25. The first-order valence-electron chi connectivity index (χ1n) is 15.0. The van der Waals surface area contributed by atoms with Crippen molar-refractivity contribution in [1.82, 2.24) is 0 Å². The molecule has 10 heteroatoms. The Morgan fingerprint density at radius 3 is 2.39 bits per heavy atom. The third kappa shape index (κ3) is 4.65. The van der Waals surface area contributed by atoms with Gasteiger partial charge in [-0.1, -0.05) is 48.0 Å². The van der Waals surface area contributed by atoms with Crippen molar-refractivity contribution < 1.29 is 33.9 Å². The molecule has 1 saturated heterocycles. The molecule has 1 fully saturated rings. The number of ketones is 2. The Balaban J connectivity index is 1.27. The summed E-state index contributed by atoms with van der Waals surface area (Å²) in [6, 6.07) is 19.6. The number of nitro benzene ring substituents is 1. The van der Waals surface area contributed by atoms with Gasteiger partial charge in [0.2, 0.25) is 11.8 Å². The molecular weight excluding hydrogens is 588 g/mol. The van der Waals surface area contributed by atoms with Crippen LogP contribution in [0.25, 0.3) is 0 Å². The van der Waals surface area contributed by atoms with E-state index in [4.69, 9.17) is 4.74 Å². The standard InChI is InChI=1S/C36H28N2O8/c1-19-15-29(39)28-17-27-24(13-14-26-32(27)36(43)37(35(26)42)21-7-9-22(10-8-21)38(44)45)31(33(28)34(19)41)25-12-11-23(16-30(25)40)46-18-20-5-3-2-4-6-20/h2-13,15-16,26-27,31-32,40H,14,17-18H2,1H3/t26-,27+,31+,32-/m0/s1. The van der Waals surface area contributed by atoms with E-state index in [1.165, 1.54) is 36.4 Å². The fraction of sp³-hybridized carbons (Fsp3) is 0.222. The first-order valence-corrected chi connectivity index (χ1v) is 15.0. The number of fused-ring (bicyclic) bond motifs is 3. The van der Waals surface area contributed by atoms with E-state index in [2.05, 4.69) is 0 Å². The highest BCUT2D eigenvalue weighted by atomic mass is 16.6. The second-order valence-electron chi connectivity index (χ2n) is 12.0. The molecule has 10 nitrogen and oxygen atoms in total. The number of anilines is 1. The number of carbonyl (C=O) groups is 4. The third-order valence-electron chi connectivity index (χ3n) is 9.44. The lowest BCUT2D eigenvalue weighted by Gasteiger charge is -2.42. The van der Waals surface area contributed by atoms with Gasteiger partial charge in [0.15, 0.2) is 11.6 Å². The van der Waals surface area contributed by atoms with E-state index in [1.807, 2.05) is 36.4 Å². The number of imide groups is 1. The zero-order valence-electron chi connectivity index (χ0n) is 24.7. The third-order valence-corrected chi connectivity index (χ3v) is 9.44. The first kappa shape index (κ1) is 29.1. The number of amides is 2. The topological polar surface area (TPSA) is 144 Å². The molecule has 7 rings (SSSR count). The number of hydrogen-bond donors (Lipinski definition) is 1. The molecule has 1 N–H and O–H groups in total. The molecule has 0 unspecified atom stereocenters. The molecular formula is C36H28N2O8.